The molecule has 0 aromatic heterocycles. The van der Waals surface area contributed by atoms with Gasteiger partial charge in [0.25, 0.3) is 0 Å². The Morgan fingerprint density at radius 1 is 0.786 bits per heavy atom. The van der Waals surface area contributed by atoms with Gasteiger partial charge < -0.3 is 0 Å². The van der Waals surface area contributed by atoms with Crippen LogP contribution in [-0.4, -0.2) is 0 Å². The summed E-state index contributed by atoms with van der Waals surface area (Å²) >= 11 is 0. The van der Waals surface area contributed by atoms with Crippen LogP contribution in [-0.2, 0) is 6.42 Å². The quantitative estimate of drug-likeness (QED) is 0.577. The van der Waals surface area contributed by atoms with E-state index < -0.39 is 0 Å². The third-order valence-electron chi connectivity index (χ3n) is 3.82. The van der Waals surface area contributed by atoms with Crippen LogP contribution < -0.4 is 0 Å². The first-order valence-electron chi connectivity index (χ1n) is 5.30. The van der Waals surface area contributed by atoms with E-state index in [-0.39, 0.29) is 0 Å². The van der Waals surface area contributed by atoms with Crippen LogP contribution >= 0.6 is 0 Å². The maximum Gasteiger partial charge on any atom is -0.00826 e. The van der Waals surface area contributed by atoms with Crippen molar-refractivity contribution in [1.82, 2.24) is 0 Å². The van der Waals surface area contributed by atoms with E-state index in [2.05, 4.69) is 40.7 Å². The van der Waals surface area contributed by atoms with Gasteiger partial charge in [-0.2, -0.15) is 0 Å². The second-order valence-corrected chi connectivity index (χ2v) is 4.44. The molecule has 0 radical (unpaired) electrons. The smallest absolute Gasteiger partial charge is 0.00826 e. The maximum absolute atomic E-state index is 2.35. The number of fused-ring (bicyclic) bond motifs is 1. The Hall–Kier alpha value is -1.04. The fourth-order valence-electron chi connectivity index (χ4n) is 2.54. The highest BCUT2D eigenvalue weighted by Gasteiger charge is 2.18. The van der Waals surface area contributed by atoms with Gasteiger partial charge in [-0.1, -0.05) is 6.08 Å². The lowest BCUT2D eigenvalue weighted by Crippen LogP contribution is -2.00. The molecule has 0 bridgehead atoms. The fourth-order valence-corrected chi connectivity index (χ4v) is 2.54. The van der Waals surface area contributed by atoms with E-state index in [9.17, 15) is 0 Å². The van der Waals surface area contributed by atoms with Crippen LogP contribution in [0, 0.1) is 27.7 Å². The predicted octanol–water partition coefficient (Wildman–Crippen LogP) is 3.88. The largest absolute Gasteiger partial charge is 0.0765 e. The number of hydrogen-bond acceptors (Lipinski definition) is 0. The van der Waals surface area contributed by atoms with Crippen molar-refractivity contribution in [1.29, 1.82) is 0 Å². The van der Waals surface area contributed by atoms with Crippen molar-refractivity contribution in [3.8, 4) is 0 Å². The standard InChI is InChI=1S/C14H18/c1-8-6-7-13-11(4)9(2)10(3)12(5)14(8)13/h6H,7H2,1-5H3. The van der Waals surface area contributed by atoms with Crippen molar-refractivity contribution < 1.29 is 0 Å². The van der Waals surface area contributed by atoms with Crippen LogP contribution in [0.5, 0.6) is 0 Å². The second kappa shape index (κ2) is 2.98. The van der Waals surface area contributed by atoms with E-state index in [0.29, 0.717) is 0 Å². The Morgan fingerprint density at radius 2 is 1.36 bits per heavy atom. The van der Waals surface area contributed by atoms with Gasteiger partial charge in [0.15, 0.2) is 0 Å². The molecule has 0 aliphatic heterocycles. The van der Waals surface area contributed by atoms with Crippen molar-refractivity contribution in [2.75, 3.05) is 0 Å². The summed E-state index contributed by atoms with van der Waals surface area (Å²) in [6.07, 6.45) is 3.48. The SMILES string of the molecule is CC1=CCc2c(C)c(C)c(C)c(C)c21. The normalized spacial score (nSPS) is 14.2. The van der Waals surface area contributed by atoms with Gasteiger partial charge in [0, 0.05) is 0 Å². The molecular weight excluding hydrogens is 168 g/mol. The minimum atomic E-state index is 1.13. The lowest BCUT2D eigenvalue weighted by atomic mass is 9.89. The van der Waals surface area contributed by atoms with Gasteiger partial charge in [-0.3, -0.25) is 0 Å². The molecule has 1 aromatic rings. The summed E-state index contributed by atoms with van der Waals surface area (Å²) in [6.45, 7) is 11.2. The zero-order valence-corrected chi connectivity index (χ0v) is 9.78. The van der Waals surface area contributed by atoms with Gasteiger partial charge in [0.05, 0.1) is 0 Å². The predicted molar refractivity (Wildman–Crippen MR) is 62.7 cm³/mol. The van der Waals surface area contributed by atoms with E-state index in [1.54, 1.807) is 5.56 Å². The van der Waals surface area contributed by atoms with Crippen LogP contribution in [0.1, 0.15) is 40.3 Å². The van der Waals surface area contributed by atoms with E-state index >= 15 is 0 Å². The molecule has 1 aliphatic rings. The van der Waals surface area contributed by atoms with Gasteiger partial charge in [-0.05, 0) is 80.0 Å². The minimum Gasteiger partial charge on any atom is -0.0765 e. The monoisotopic (exact) mass is 186 g/mol. The van der Waals surface area contributed by atoms with Crippen LogP contribution in [0.25, 0.3) is 5.57 Å². The van der Waals surface area contributed by atoms with E-state index in [4.69, 9.17) is 0 Å². The van der Waals surface area contributed by atoms with Crippen LogP contribution in [0.3, 0.4) is 0 Å². The Balaban J connectivity index is 2.83. The number of benzene rings is 1. The Morgan fingerprint density at radius 3 is 2.00 bits per heavy atom. The molecule has 0 heteroatoms. The first kappa shape index (κ1) is 9.51. The zero-order chi connectivity index (χ0) is 10.5. The van der Waals surface area contributed by atoms with Gasteiger partial charge in [-0.15, -0.1) is 0 Å². The van der Waals surface area contributed by atoms with Crippen LogP contribution in [0.2, 0.25) is 0 Å². The van der Waals surface area contributed by atoms with Gasteiger partial charge in [-0.25, -0.2) is 0 Å². The Bertz CT molecular complexity index is 434. The number of allylic oxidation sites excluding steroid dienone is 2. The molecule has 0 unspecified atom stereocenters. The van der Waals surface area contributed by atoms with Crippen molar-refractivity contribution >= 4 is 5.57 Å². The van der Waals surface area contributed by atoms with Crippen molar-refractivity contribution in [3.63, 3.8) is 0 Å². The molecule has 0 amide bonds. The number of hydrogen-bond donors (Lipinski definition) is 0. The molecule has 0 saturated heterocycles. The topological polar surface area (TPSA) is 0 Å². The summed E-state index contributed by atoms with van der Waals surface area (Å²) in [5.41, 5.74) is 10.5. The van der Waals surface area contributed by atoms with Crippen LogP contribution in [0.15, 0.2) is 6.08 Å². The summed E-state index contributed by atoms with van der Waals surface area (Å²) in [5.74, 6) is 0. The van der Waals surface area contributed by atoms with E-state index in [1.807, 2.05) is 0 Å². The molecule has 0 heterocycles. The second-order valence-electron chi connectivity index (χ2n) is 4.44. The summed E-state index contributed by atoms with van der Waals surface area (Å²) in [6, 6.07) is 0. The molecule has 1 aromatic carbocycles. The molecular formula is C14H18. The zero-order valence-electron chi connectivity index (χ0n) is 9.78. The summed E-state index contributed by atoms with van der Waals surface area (Å²) in [7, 11) is 0. The summed E-state index contributed by atoms with van der Waals surface area (Å²) < 4.78 is 0. The Kier molecular flexibility index (Phi) is 2.02. The van der Waals surface area contributed by atoms with Gasteiger partial charge in [0.2, 0.25) is 0 Å². The van der Waals surface area contributed by atoms with E-state index in [0.717, 1.165) is 6.42 Å². The highest BCUT2D eigenvalue weighted by Crippen LogP contribution is 2.35. The third kappa shape index (κ3) is 1.06. The summed E-state index contributed by atoms with van der Waals surface area (Å²) in [5, 5.41) is 0. The molecule has 0 N–H and O–H groups in total. The van der Waals surface area contributed by atoms with Crippen LogP contribution in [0.4, 0.5) is 0 Å². The van der Waals surface area contributed by atoms with Crippen molar-refractivity contribution in [2.24, 2.45) is 0 Å². The first-order chi connectivity index (χ1) is 6.54. The Labute approximate surface area is 86.7 Å². The molecule has 0 spiro atoms. The first-order valence-corrected chi connectivity index (χ1v) is 5.30. The van der Waals surface area contributed by atoms with Gasteiger partial charge in [0.1, 0.15) is 0 Å². The molecule has 0 fully saturated rings. The lowest BCUT2D eigenvalue weighted by Gasteiger charge is -2.16. The maximum atomic E-state index is 2.35. The van der Waals surface area contributed by atoms with Crippen molar-refractivity contribution in [3.05, 3.63) is 39.5 Å². The molecule has 14 heavy (non-hydrogen) atoms. The molecule has 1 aliphatic carbocycles. The number of rotatable bonds is 0. The van der Waals surface area contributed by atoms with E-state index in [1.165, 1.54) is 33.4 Å². The molecule has 0 saturated carbocycles. The highest BCUT2D eigenvalue weighted by molar-refractivity contribution is 5.76. The minimum absolute atomic E-state index is 1.13. The average molecular weight is 186 g/mol. The third-order valence-corrected chi connectivity index (χ3v) is 3.82. The molecule has 0 atom stereocenters. The molecule has 74 valence electrons. The highest BCUT2D eigenvalue weighted by atomic mass is 14.2. The molecule has 2 rings (SSSR count). The summed E-state index contributed by atoms with van der Waals surface area (Å²) in [4.78, 5) is 0. The lowest BCUT2D eigenvalue weighted by molar-refractivity contribution is 1.14. The average Bonchev–Trinajstić information content (AvgIpc) is 2.54. The fraction of sp³-hybridized carbons (Fsp3) is 0.429. The molecule has 0 nitrogen and oxygen atoms in total. The van der Waals surface area contributed by atoms with Crippen molar-refractivity contribution in [2.45, 2.75) is 41.0 Å². The van der Waals surface area contributed by atoms with Gasteiger partial charge >= 0.3 is 0 Å².